The average molecular weight is 519 g/mol. The van der Waals surface area contributed by atoms with Crippen molar-refractivity contribution >= 4 is 57.2 Å². The van der Waals surface area contributed by atoms with Gasteiger partial charge in [0.05, 0.1) is 13.1 Å². The summed E-state index contributed by atoms with van der Waals surface area (Å²) >= 11 is 1.92. The number of benzene rings is 3. The third-order valence-corrected chi connectivity index (χ3v) is 7.66. The predicted molar refractivity (Wildman–Crippen MR) is 141 cm³/mol. The number of hydrogen-bond acceptors (Lipinski definition) is 8. The molecule has 2 aliphatic rings. The first-order valence-corrected chi connectivity index (χ1v) is 13.0. The fourth-order valence-corrected chi connectivity index (χ4v) is 5.66. The number of anilines is 2. The van der Waals surface area contributed by atoms with Gasteiger partial charge in [0, 0.05) is 11.4 Å². The van der Waals surface area contributed by atoms with Crippen molar-refractivity contribution in [3.8, 4) is 0 Å². The van der Waals surface area contributed by atoms with Crippen LogP contribution in [0, 0.1) is 0 Å². The molecule has 0 aliphatic carbocycles. The van der Waals surface area contributed by atoms with Crippen molar-refractivity contribution in [2.24, 2.45) is 0 Å². The molecule has 2 atom stereocenters. The zero-order valence-corrected chi connectivity index (χ0v) is 20.6. The van der Waals surface area contributed by atoms with E-state index < -0.39 is 10.7 Å². The Kier molecular flexibility index (Phi) is 6.97. The van der Waals surface area contributed by atoms with Crippen LogP contribution >= 0.6 is 23.5 Å². The molecule has 36 heavy (non-hydrogen) atoms. The van der Waals surface area contributed by atoms with E-state index in [4.69, 9.17) is 0 Å². The van der Waals surface area contributed by atoms with E-state index in [2.05, 4.69) is 10.6 Å². The highest BCUT2D eigenvalue weighted by Crippen LogP contribution is 2.31. The van der Waals surface area contributed by atoms with Crippen molar-refractivity contribution in [3.05, 3.63) is 96.1 Å². The molecule has 2 saturated heterocycles. The van der Waals surface area contributed by atoms with E-state index in [1.807, 2.05) is 60.7 Å². The first-order valence-electron chi connectivity index (χ1n) is 11.2. The Labute approximate surface area is 216 Å². The normalized spacial score (nSPS) is 19.8. The molecule has 0 saturated carbocycles. The van der Waals surface area contributed by atoms with Gasteiger partial charge in [0.15, 0.2) is 10.7 Å². The molecule has 182 valence electrons. The Hall–Kier alpha value is -3.76. The highest BCUT2D eigenvalue weighted by Gasteiger charge is 2.40. The van der Waals surface area contributed by atoms with Crippen LogP contribution in [0.5, 0.6) is 0 Å². The van der Waals surface area contributed by atoms with Gasteiger partial charge in [-0.05, 0) is 58.9 Å². The van der Waals surface area contributed by atoms with Gasteiger partial charge in [0.25, 0.3) is 22.3 Å². The van der Waals surface area contributed by atoms with Crippen LogP contribution in [0.4, 0.5) is 21.0 Å². The SMILES string of the molecule is O=C1S[C@@H](Nc2ccccc2)C(=O)N1Cc1ccc(CN2C(=O)S[C@H](Nc3ccccc3)C2=O)cc1. The van der Waals surface area contributed by atoms with Crippen LogP contribution in [0.15, 0.2) is 84.9 Å². The summed E-state index contributed by atoms with van der Waals surface area (Å²) in [4.78, 5) is 52.9. The first kappa shape index (κ1) is 24.0. The monoisotopic (exact) mass is 518 g/mol. The summed E-state index contributed by atoms with van der Waals surface area (Å²) in [7, 11) is 0. The second-order valence-corrected chi connectivity index (χ2v) is 10.3. The molecular formula is C26H22N4O4S2. The molecule has 2 N–H and O–H groups in total. The lowest BCUT2D eigenvalue weighted by atomic mass is 10.1. The molecule has 8 nitrogen and oxygen atoms in total. The maximum absolute atomic E-state index is 12.8. The number of thioether (sulfide) groups is 2. The van der Waals surface area contributed by atoms with Gasteiger partial charge in [-0.2, -0.15) is 0 Å². The maximum Gasteiger partial charge on any atom is 0.291 e. The summed E-state index contributed by atoms with van der Waals surface area (Å²) in [5.74, 6) is -0.583. The molecule has 3 aromatic rings. The molecule has 0 spiro atoms. The molecular weight excluding hydrogens is 496 g/mol. The second-order valence-electron chi connectivity index (χ2n) is 8.21. The predicted octanol–water partition coefficient (Wildman–Crippen LogP) is 4.95. The Balaban J connectivity index is 1.18. The van der Waals surface area contributed by atoms with Crippen LogP contribution in [-0.2, 0) is 22.7 Å². The summed E-state index contributed by atoms with van der Waals surface area (Å²) in [6.07, 6.45) is 0. The topological polar surface area (TPSA) is 98.8 Å². The molecule has 10 heteroatoms. The highest BCUT2D eigenvalue weighted by molar-refractivity contribution is 8.15. The zero-order chi connectivity index (χ0) is 25.1. The molecule has 0 unspecified atom stereocenters. The number of hydrogen-bond donors (Lipinski definition) is 2. The Morgan fingerprint density at radius 3 is 1.28 bits per heavy atom. The highest BCUT2D eigenvalue weighted by atomic mass is 32.2. The number of imide groups is 2. The Bertz CT molecular complexity index is 1190. The van der Waals surface area contributed by atoms with Crippen LogP contribution in [0.2, 0.25) is 0 Å². The van der Waals surface area contributed by atoms with Crippen LogP contribution in [0.25, 0.3) is 0 Å². The van der Waals surface area contributed by atoms with Gasteiger partial charge in [0.2, 0.25) is 0 Å². The number of amides is 4. The Morgan fingerprint density at radius 1 is 0.556 bits per heavy atom. The number of para-hydroxylation sites is 2. The van der Waals surface area contributed by atoms with Gasteiger partial charge in [0.1, 0.15) is 0 Å². The molecule has 0 aromatic heterocycles. The van der Waals surface area contributed by atoms with Gasteiger partial charge in [-0.3, -0.25) is 29.0 Å². The van der Waals surface area contributed by atoms with E-state index in [1.54, 1.807) is 24.3 Å². The minimum absolute atomic E-state index is 0.151. The fraction of sp³-hybridized carbons (Fsp3) is 0.154. The van der Waals surface area contributed by atoms with E-state index in [0.29, 0.717) is 0 Å². The number of nitrogens with zero attached hydrogens (tertiary/aromatic N) is 2. The summed E-state index contributed by atoms with van der Waals surface area (Å²) < 4.78 is 0. The van der Waals surface area contributed by atoms with E-state index >= 15 is 0 Å². The van der Waals surface area contributed by atoms with Crippen molar-refractivity contribution in [2.75, 3.05) is 10.6 Å². The minimum Gasteiger partial charge on any atom is -0.365 e. The number of nitrogens with one attached hydrogen (secondary N) is 2. The lowest BCUT2D eigenvalue weighted by molar-refractivity contribution is -0.127. The molecule has 2 fully saturated rings. The molecule has 2 heterocycles. The van der Waals surface area contributed by atoms with Gasteiger partial charge >= 0.3 is 0 Å². The van der Waals surface area contributed by atoms with Crippen molar-refractivity contribution in [3.63, 3.8) is 0 Å². The minimum atomic E-state index is -0.665. The van der Waals surface area contributed by atoms with Crippen molar-refractivity contribution in [1.82, 2.24) is 9.80 Å². The zero-order valence-electron chi connectivity index (χ0n) is 19.0. The standard InChI is InChI=1S/C26H22N4O4S2/c31-23-21(27-19-7-3-1-4-8-19)35-25(33)29(23)15-17-11-13-18(14-12-17)16-30-24(32)22(36-26(30)34)28-20-9-5-2-6-10-20/h1-14,21-22,27-28H,15-16H2/t21-,22+. The molecule has 0 radical (unpaired) electrons. The molecule has 0 bridgehead atoms. The smallest absolute Gasteiger partial charge is 0.291 e. The lowest BCUT2D eigenvalue weighted by Gasteiger charge is -2.17. The van der Waals surface area contributed by atoms with Crippen molar-refractivity contribution in [1.29, 1.82) is 0 Å². The lowest BCUT2D eigenvalue weighted by Crippen LogP contribution is -2.34. The third kappa shape index (κ3) is 5.24. The maximum atomic E-state index is 12.8. The molecule has 3 aromatic carbocycles. The van der Waals surface area contributed by atoms with Crippen LogP contribution in [-0.4, -0.2) is 42.8 Å². The average Bonchev–Trinajstić information content (AvgIpc) is 3.30. The fourth-order valence-electron chi connectivity index (χ4n) is 3.85. The Morgan fingerprint density at radius 2 is 0.917 bits per heavy atom. The van der Waals surface area contributed by atoms with E-state index in [9.17, 15) is 19.2 Å². The van der Waals surface area contributed by atoms with Gasteiger partial charge in [-0.1, -0.05) is 60.7 Å². The second kappa shape index (κ2) is 10.5. The third-order valence-electron chi connectivity index (χ3n) is 5.71. The van der Waals surface area contributed by atoms with Crippen molar-refractivity contribution in [2.45, 2.75) is 23.8 Å². The first-order chi connectivity index (χ1) is 17.5. The quantitative estimate of drug-likeness (QED) is 0.432. The van der Waals surface area contributed by atoms with E-state index in [1.165, 1.54) is 9.80 Å². The van der Waals surface area contributed by atoms with Crippen LogP contribution in [0.3, 0.4) is 0 Å². The van der Waals surface area contributed by atoms with Crippen LogP contribution < -0.4 is 10.6 Å². The van der Waals surface area contributed by atoms with Gasteiger partial charge in [-0.15, -0.1) is 0 Å². The molecule has 4 amide bonds. The van der Waals surface area contributed by atoms with E-state index in [-0.39, 0.29) is 35.4 Å². The van der Waals surface area contributed by atoms with Crippen LogP contribution in [0.1, 0.15) is 11.1 Å². The van der Waals surface area contributed by atoms with Crippen molar-refractivity contribution < 1.29 is 19.2 Å². The summed E-state index contributed by atoms with van der Waals surface area (Å²) in [6, 6.07) is 25.8. The summed E-state index contributed by atoms with van der Waals surface area (Å²) in [5.41, 5.74) is 3.09. The summed E-state index contributed by atoms with van der Waals surface area (Å²) in [6.45, 7) is 0.302. The summed E-state index contributed by atoms with van der Waals surface area (Å²) in [5, 5.41) is 4.23. The van der Waals surface area contributed by atoms with Gasteiger partial charge in [-0.25, -0.2) is 0 Å². The number of rotatable bonds is 8. The largest absolute Gasteiger partial charge is 0.365 e. The number of carbonyl (C=O) groups is 4. The van der Waals surface area contributed by atoms with E-state index in [0.717, 1.165) is 46.0 Å². The molecule has 5 rings (SSSR count). The number of carbonyl (C=O) groups excluding carboxylic acids is 4. The van der Waals surface area contributed by atoms with Gasteiger partial charge < -0.3 is 10.6 Å². The molecule has 2 aliphatic heterocycles.